The maximum absolute atomic E-state index is 13.8. The first kappa shape index (κ1) is 69.6. The molecule has 480 valence electrons. The molecule has 7 atom stereocenters. The fourth-order valence-corrected chi connectivity index (χ4v) is 15.8. The van der Waals surface area contributed by atoms with Crippen LogP contribution in [0.1, 0.15) is 159 Å². The Hall–Kier alpha value is -1.92. The van der Waals surface area contributed by atoms with E-state index in [1.54, 1.807) is 12.1 Å². The second kappa shape index (κ2) is 36.1. The summed E-state index contributed by atoms with van der Waals surface area (Å²) >= 11 is 6.32. The number of nitrogens with zero attached hydrogens (tertiary/aromatic N) is 7. The fourth-order valence-electron chi connectivity index (χ4n) is 15.4. The van der Waals surface area contributed by atoms with Crippen molar-refractivity contribution in [1.29, 1.82) is 0 Å². The molecule has 1 spiro atoms. The van der Waals surface area contributed by atoms with Gasteiger partial charge in [0.1, 0.15) is 0 Å². The first-order valence-corrected chi connectivity index (χ1v) is 34.6. The maximum Gasteiger partial charge on any atom is 0.417 e. The lowest BCUT2D eigenvalue weighted by Gasteiger charge is -2.45. The molecule has 0 amide bonds. The molecule has 0 aromatic heterocycles. The fraction of sp³-hybridized carbons (Fsp3) is 0.826. The molecule has 0 radical (unpaired) electrons. The highest BCUT2D eigenvalue weighted by Crippen LogP contribution is 2.37. The molecule has 4 N–H and O–H groups in total. The number of alkyl halides is 3. The molecular formula is C69H121ClF3N11. The first-order chi connectivity index (χ1) is 40.5. The molecule has 15 heteroatoms. The van der Waals surface area contributed by atoms with Crippen LogP contribution in [0.5, 0.6) is 0 Å². The third-order valence-electron chi connectivity index (χ3n) is 21.3. The van der Waals surface area contributed by atoms with Crippen molar-refractivity contribution in [3.05, 3.63) is 70.2 Å². The minimum Gasteiger partial charge on any atom is -0.315 e. The Morgan fingerprint density at radius 2 is 1.33 bits per heavy atom. The number of rotatable bonds is 10. The SMILES string of the molecule is CC[C@H](C)[C@H]1CN(C)CCN(C)CCN(C)[C@@H](CC2CCCCC2)CN(C)CCN[C@@H](CCc2ccc(C(F)(F)F)c(Cl)c2)CN2CCC[C@H]2CNC2(CCCC2)CN(C)[C@@H](C2CCCCC2)CN(C)[C@@H](Cc2ccccc2)CNCCCN1. The van der Waals surface area contributed by atoms with Gasteiger partial charge in [0.2, 0.25) is 0 Å². The van der Waals surface area contributed by atoms with E-state index in [-0.39, 0.29) is 16.6 Å². The highest BCUT2D eigenvalue weighted by atomic mass is 35.5. The van der Waals surface area contributed by atoms with Crippen molar-refractivity contribution in [3.8, 4) is 0 Å². The Bertz CT molecular complexity index is 2090. The summed E-state index contributed by atoms with van der Waals surface area (Å²) < 4.78 is 41.4. The van der Waals surface area contributed by atoms with Gasteiger partial charge in [-0.05, 0) is 174 Å². The molecule has 11 nitrogen and oxygen atoms in total. The van der Waals surface area contributed by atoms with Gasteiger partial charge in [-0.2, -0.15) is 13.2 Å². The zero-order valence-electron chi connectivity index (χ0n) is 54.3. The van der Waals surface area contributed by atoms with Crippen molar-refractivity contribution >= 4 is 11.6 Å². The highest BCUT2D eigenvalue weighted by Gasteiger charge is 2.40. The number of hydrogen-bond acceptors (Lipinski definition) is 11. The summed E-state index contributed by atoms with van der Waals surface area (Å²) in [5, 5.41) is 16.3. The van der Waals surface area contributed by atoms with Crippen molar-refractivity contribution in [2.45, 2.75) is 203 Å². The average molecular weight is 1200 g/mol. The quantitative estimate of drug-likeness (QED) is 0.184. The van der Waals surface area contributed by atoms with Crippen LogP contribution in [0.15, 0.2) is 48.5 Å². The van der Waals surface area contributed by atoms with Gasteiger partial charge in [-0.25, -0.2) is 0 Å². The van der Waals surface area contributed by atoms with E-state index in [4.69, 9.17) is 11.6 Å². The van der Waals surface area contributed by atoms with Gasteiger partial charge >= 0.3 is 6.18 Å². The second-order valence-electron chi connectivity index (χ2n) is 28.0. The smallest absolute Gasteiger partial charge is 0.315 e. The molecule has 84 heavy (non-hydrogen) atoms. The summed E-state index contributed by atoms with van der Waals surface area (Å²) in [6.07, 6.45) is 22.6. The molecule has 2 aromatic rings. The minimum absolute atomic E-state index is 0.0940. The Morgan fingerprint density at radius 1 is 0.631 bits per heavy atom. The monoisotopic (exact) mass is 1200 g/mol. The van der Waals surface area contributed by atoms with E-state index in [1.165, 1.54) is 127 Å². The molecule has 5 fully saturated rings. The zero-order valence-corrected chi connectivity index (χ0v) is 55.1. The van der Waals surface area contributed by atoms with Crippen molar-refractivity contribution in [2.75, 3.05) is 147 Å². The van der Waals surface area contributed by atoms with Crippen LogP contribution in [0.2, 0.25) is 5.02 Å². The largest absolute Gasteiger partial charge is 0.417 e. The normalized spacial score (nSPS) is 29.2. The Balaban J connectivity index is 1.10. The van der Waals surface area contributed by atoms with Crippen LogP contribution in [-0.4, -0.2) is 223 Å². The summed E-state index contributed by atoms with van der Waals surface area (Å²) in [5.41, 5.74) is 1.62. The number of aryl methyl sites for hydroxylation is 1. The van der Waals surface area contributed by atoms with E-state index in [0.717, 1.165) is 135 Å². The van der Waals surface area contributed by atoms with Crippen molar-refractivity contribution in [3.63, 3.8) is 0 Å². The number of hydrogen-bond donors (Lipinski definition) is 4. The molecule has 2 aliphatic heterocycles. The third kappa shape index (κ3) is 23.1. The third-order valence-corrected chi connectivity index (χ3v) is 21.6. The Morgan fingerprint density at radius 3 is 2.05 bits per heavy atom. The summed E-state index contributed by atoms with van der Waals surface area (Å²) in [6.45, 7) is 21.1. The van der Waals surface area contributed by atoms with Gasteiger partial charge in [-0.3, -0.25) is 4.90 Å². The molecule has 2 saturated heterocycles. The van der Waals surface area contributed by atoms with Gasteiger partial charge in [0, 0.05) is 127 Å². The lowest BCUT2D eigenvalue weighted by molar-refractivity contribution is -0.137. The van der Waals surface area contributed by atoms with Crippen LogP contribution in [0.25, 0.3) is 0 Å². The number of fused-ring (bicyclic) bond motifs is 1. The molecule has 0 unspecified atom stereocenters. The van der Waals surface area contributed by atoms with E-state index < -0.39 is 11.7 Å². The molecule has 0 bridgehead atoms. The lowest BCUT2D eigenvalue weighted by atomic mass is 9.82. The summed E-state index contributed by atoms with van der Waals surface area (Å²) in [5.74, 6) is 2.11. The topological polar surface area (TPSA) is 70.8 Å². The van der Waals surface area contributed by atoms with E-state index in [1.807, 2.05) is 0 Å². The van der Waals surface area contributed by atoms with E-state index in [9.17, 15) is 13.2 Å². The van der Waals surface area contributed by atoms with Gasteiger partial charge in [0.25, 0.3) is 0 Å². The predicted octanol–water partition coefficient (Wildman–Crippen LogP) is 11.1. The van der Waals surface area contributed by atoms with Crippen LogP contribution in [-0.2, 0) is 19.0 Å². The zero-order chi connectivity index (χ0) is 59.9. The lowest BCUT2D eigenvalue weighted by Crippen LogP contribution is -2.59. The van der Waals surface area contributed by atoms with Gasteiger partial charge in [0.15, 0.2) is 0 Å². The number of likely N-dealkylation sites (N-methyl/N-ethyl adjacent to an activating group) is 6. The van der Waals surface area contributed by atoms with Gasteiger partial charge in [0.05, 0.1) is 10.6 Å². The van der Waals surface area contributed by atoms with Crippen LogP contribution < -0.4 is 21.3 Å². The summed E-state index contributed by atoms with van der Waals surface area (Å²) in [7, 11) is 14.2. The predicted molar refractivity (Wildman–Crippen MR) is 349 cm³/mol. The van der Waals surface area contributed by atoms with Gasteiger partial charge < -0.3 is 50.7 Å². The molecular weight excluding hydrogens is 1080 g/mol. The molecule has 7 rings (SSSR count). The summed E-state index contributed by atoms with van der Waals surface area (Å²) in [6, 6.07) is 18.0. The standard InChI is InChI=1S/C69H121ClF3N11/c1-9-55(2)66-52-80(5)42-41-78(3)43-44-81(6)63(46-57-25-15-11-16-26-57)51-79(4)40-38-75-60(32-30-58-31-33-64(65(70)47-58)69(71,72)73)50-84-39-21-29-61(84)49-77-68(34-19-20-35-68)54-83(8)67(59-27-17-12-18-28-59)53-82(7)62(48-74-36-22-37-76-66)45-56-23-13-10-14-24-56/h10,13-14,23-24,31,33,47,55,57,59-63,66-67,74-77H,9,11-12,15-22,25-30,32,34-46,48-54H2,1-8H3/t55-,60-,61-,62-,63-,66+,67+/m0/s1. The minimum atomic E-state index is -4.47. The number of benzene rings is 2. The highest BCUT2D eigenvalue weighted by molar-refractivity contribution is 6.31. The van der Waals surface area contributed by atoms with E-state index in [0.29, 0.717) is 48.5 Å². The molecule has 3 saturated carbocycles. The molecule has 2 heterocycles. The van der Waals surface area contributed by atoms with Crippen molar-refractivity contribution in [2.24, 2.45) is 17.8 Å². The van der Waals surface area contributed by atoms with E-state index >= 15 is 0 Å². The first-order valence-electron chi connectivity index (χ1n) is 34.2. The number of halogens is 4. The van der Waals surface area contributed by atoms with Crippen LogP contribution in [0.4, 0.5) is 13.2 Å². The van der Waals surface area contributed by atoms with Crippen LogP contribution in [0, 0.1) is 17.8 Å². The molecule has 2 aromatic carbocycles. The van der Waals surface area contributed by atoms with Gasteiger partial charge in [-0.1, -0.05) is 132 Å². The number of nitrogens with one attached hydrogen (secondary N) is 4. The summed E-state index contributed by atoms with van der Waals surface area (Å²) in [4.78, 5) is 18.7. The second-order valence-corrected chi connectivity index (χ2v) is 28.4. The maximum atomic E-state index is 13.8. The Labute approximate surface area is 516 Å². The van der Waals surface area contributed by atoms with E-state index in [2.05, 4.69) is 142 Å². The van der Waals surface area contributed by atoms with Crippen LogP contribution in [0.3, 0.4) is 0 Å². The molecule has 3 aliphatic carbocycles. The van der Waals surface area contributed by atoms with Crippen LogP contribution >= 0.6 is 11.6 Å². The Kier molecular flexibility index (Phi) is 29.9. The average Bonchev–Trinajstić information content (AvgIpc) is 4.26. The van der Waals surface area contributed by atoms with Gasteiger partial charge in [-0.15, -0.1) is 0 Å². The van der Waals surface area contributed by atoms with Crippen molar-refractivity contribution < 1.29 is 13.2 Å². The van der Waals surface area contributed by atoms with Crippen molar-refractivity contribution in [1.82, 2.24) is 55.6 Å². The molecule has 5 aliphatic rings.